The second-order valence-corrected chi connectivity index (χ2v) is 8.70. The molecule has 5 heteroatoms. The van der Waals surface area contributed by atoms with Gasteiger partial charge in [0.25, 0.3) is 0 Å². The molecule has 4 nitrogen and oxygen atoms in total. The third kappa shape index (κ3) is 4.32. The standard InChI is InChI=1S/C17H25NO3S/c1-12-8-13(2)10-15(9-12)14(3)18-17(19)11-22(20,21)16-6-4-5-7-16/h8-10,14,16H,4-7,11H2,1-3H3,(H,18,19)/t14-/m0/s1. The number of rotatable bonds is 5. The Morgan fingerprint density at radius 1 is 1.18 bits per heavy atom. The zero-order valence-corrected chi connectivity index (χ0v) is 14.4. The van der Waals surface area contributed by atoms with Crippen molar-refractivity contribution in [3.8, 4) is 0 Å². The second kappa shape index (κ2) is 6.82. The smallest absolute Gasteiger partial charge is 0.235 e. The van der Waals surface area contributed by atoms with Gasteiger partial charge in [0, 0.05) is 0 Å². The zero-order valence-electron chi connectivity index (χ0n) is 13.6. The van der Waals surface area contributed by atoms with Crippen molar-refractivity contribution in [3.63, 3.8) is 0 Å². The van der Waals surface area contributed by atoms with Crippen LogP contribution in [0.4, 0.5) is 0 Å². The molecule has 0 aromatic heterocycles. The summed E-state index contributed by atoms with van der Waals surface area (Å²) in [6.45, 7) is 5.90. The van der Waals surface area contributed by atoms with Gasteiger partial charge in [0.1, 0.15) is 5.75 Å². The molecule has 0 unspecified atom stereocenters. The van der Waals surface area contributed by atoms with Gasteiger partial charge >= 0.3 is 0 Å². The van der Waals surface area contributed by atoms with E-state index in [9.17, 15) is 13.2 Å². The Morgan fingerprint density at radius 3 is 2.27 bits per heavy atom. The highest BCUT2D eigenvalue weighted by atomic mass is 32.2. The molecular weight excluding hydrogens is 298 g/mol. The summed E-state index contributed by atoms with van der Waals surface area (Å²) in [5, 5.41) is 2.49. The van der Waals surface area contributed by atoms with Gasteiger partial charge in [-0.15, -0.1) is 0 Å². The molecule has 0 aliphatic heterocycles. The number of nitrogens with one attached hydrogen (secondary N) is 1. The van der Waals surface area contributed by atoms with Crippen molar-refractivity contribution >= 4 is 15.7 Å². The topological polar surface area (TPSA) is 63.2 Å². The molecule has 1 amide bonds. The molecule has 1 aliphatic carbocycles. The van der Waals surface area contributed by atoms with Crippen molar-refractivity contribution in [2.75, 3.05) is 5.75 Å². The molecule has 22 heavy (non-hydrogen) atoms. The lowest BCUT2D eigenvalue weighted by Gasteiger charge is -2.17. The van der Waals surface area contributed by atoms with Gasteiger partial charge in [-0.3, -0.25) is 4.79 Å². The predicted molar refractivity (Wildman–Crippen MR) is 88.5 cm³/mol. The van der Waals surface area contributed by atoms with Crippen LogP contribution in [0.2, 0.25) is 0 Å². The molecule has 1 saturated carbocycles. The summed E-state index contributed by atoms with van der Waals surface area (Å²) in [6, 6.07) is 5.92. The molecule has 0 saturated heterocycles. The Kier molecular flexibility index (Phi) is 5.27. The molecule has 2 rings (SSSR count). The van der Waals surface area contributed by atoms with Gasteiger partial charge in [-0.1, -0.05) is 42.2 Å². The van der Waals surface area contributed by atoms with Crippen molar-refractivity contribution in [1.29, 1.82) is 0 Å². The average Bonchev–Trinajstić information content (AvgIpc) is 2.91. The van der Waals surface area contributed by atoms with E-state index in [0.717, 1.165) is 29.5 Å². The van der Waals surface area contributed by atoms with Crippen LogP contribution in [-0.4, -0.2) is 25.3 Å². The molecule has 1 aromatic rings. The van der Waals surface area contributed by atoms with Crippen molar-refractivity contribution in [3.05, 3.63) is 34.9 Å². The summed E-state index contributed by atoms with van der Waals surface area (Å²) in [5.74, 6) is -0.800. The molecule has 1 fully saturated rings. The number of hydrogen-bond acceptors (Lipinski definition) is 3. The Labute approximate surface area is 133 Å². The van der Waals surface area contributed by atoms with E-state index < -0.39 is 21.5 Å². The maximum absolute atomic E-state index is 12.2. The van der Waals surface area contributed by atoms with Gasteiger partial charge in [0.2, 0.25) is 5.91 Å². The molecule has 1 atom stereocenters. The largest absolute Gasteiger partial charge is 0.349 e. The maximum atomic E-state index is 12.2. The van der Waals surface area contributed by atoms with Gasteiger partial charge in [-0.2, -0.15) is 0 Å². The van der Waals surface area contributed by atoms with Crippen LogP contribution < -0.4 is 5.32 Å². The van der Waals surface area contributed by atoms with Crippen LogP contribution >= 0.6 is 0 Å². The lowest BCUT2D eigenvalue weighted by Crippen LogP contribution is -2.35. The van der Waals surface area contributed by atoms with Gasteiger partial charge < -0.3 is 5.32 Å². The first-order chi connectivity index (χ1) is 10.3. The summed E-state index contributed by atoms with van der Waals surface area (Å²) >= 11 is 0. The van der Waals surface area contributed by atoms with Crippen LogP contribution in [0.5, 0.6) is 0 Å². The molecule has 0 radical (unpaired) electrons. The molecule has 0 spiro atoms. The Hall–Kier alpha value is -1.36. The molecule has 1 aromatic carbocycles. The molecule has 0 bridgehead atoms. The average molecular weight is 323 g/mol. The Balaban J connectivity index is 1.99. The van der Waals surface area contributed by atoms with Crippen LogP contribution in [-0.2, 0) is 14.6 Å². The third-order valence-electron chi connectivity index (χ3n) is 4.26. The molecule has 1 N–H and O–H groups in total. The van der Waals surface area contributed by atoms with Gasteiger partial charge in [0.05, 0.1) is 11.3 Å². The number of carbonyl (C=O) groups excluding carboxylic acids is 1. The molecular formula is C17H25NO3S. The van der Waals surface area contributed by atoms with Gasteiger partial charge in [-0.25, -0.2) is 8.42 Å². The summed E-state index contributed by atoms with van der Waals surface area (Å²) in [5.41, 5.74) is 3.27. The maximum Gasteiger partial charge on any atom is 0.235 e. The van der Waals surface area contributed by atoms with Crippen molar-refractivity contribution in [2.45, 2.75) is 57.7 Å². The Morgan fingerprint density at radius 2 is 1.73 bits per heavy atom. The molecule has 1 aliphatic rings. The van der Waals surface area contributed by atoms with Gasteiger partial charge in [0.15, 0.2) is 9.84 Å². The highest BCUT2D eigenvalue weighted by Gasteiger charge is 2.30. The van der Waals surface area contributed by atoms with Gasteiger partial charge in [-0.05, 0) is 39.2 Å². The van der Waals surface area contributed by atoms with Crippen LogP contribution in [0.25, 0.3) is 0 Å². The fraction of sp³-hybridized carbons (Fsp3) is 0.588. The van der Waals surface area contributed by atoms with E-state index in [1.54, 1.807) is 0 Å². The summed E-state index contributed by atoms with van der Waals surface area (Å²) in [7, 11) is -3.32. The third-order valence-corrected chi connectivity index (χ3v) is 6.42. The second-order valence-electron chi connectivity index (χ2n) is 6.42. The number of carbonyl (C=O) groups is 1. The number of aryl methyl sites for hydroxylation is 2. The van der Waals surface area contributed by atoms with E-state index in [2.05, 4.69) is 11.4 Å². The first kappa shape index (κ1) is 17.0. The highest BCUT2D eigenvalue weighted by Crippen LogP contribution is 2.25. The fourth-order valence-corrected chi connectivity index (χ4v) is 4.91. The van der Waals surface area contributed by atoms with E-state index in [0.29, 0.717) is 12.8 Å². The van der Waals surface area contributed by atoms with E-state index in [1.807, 2.05) is 32.9 Å². The molecule has 122 valence electrons. The number of amides is 1. The van der Waals surface area contributed by atoms with E-state index >= 15 is 0 Å². The van der Waals surface area contributed by atoms with Crippen LogP contribution in [0, 0.1) is 13.8 Å². The van der Waals surface area contributed by atoms with Crippen LogP contribution in [0.3, 0.4) is 0 Å². The lowest BCUT2D eigenvalue weighted by molar-refractivity contribution is -0.119. The summed E-state index contributed by atoms with van der Waals surface area (Å²) in [6.07, 6.45) is 3.29. The minimum Gasteiger partial charge on any atom is -0.349 e. The summed E-state index contributed by atoms with van der Waals surface area (Å²) < 4.78 is 24.4. The predicted octanol–water partition coefficient (Wildman–Crippen LogP) is 2.84. The first-order valence-corrected chi connectivity index (χ1v) is 9.58. The van der Waals surface area contributed by atoms with Crippen molar-refractivity contribution in [1.82, 2.24) is 5.32 Å². The van der Waals surface area contributed by atoms with Crippen LogP contribution in [0.15, 0.2) is 18.2 Å². The zero-order chi connectivity index (χ0) is 16.3. The number of sulfone groups is 1. The van der Waals surface area contributed by atoms with E-state index in [4.69, 9.17) is 0 Å². The SMILES string of the molecule is Cc1cc(C)cc([C@H](C)NC(=O)CS(=O)(=O)C2CCCC2)c1. The first-order valence-electron chi connectivity index (χ1n) is 7.87. The quantitative estimate of drug-likeness (QED) is 0.906. The normalized spacial score (nSPS) is 17.4. The van der Waals surface area contributed by atoms with E-state index in [-0.39, 0.29) is 11.3 Å². The monoisotopic (exact) mass is 323 g/mol. The minimum atomic E-state index is -3.32. The molecule has 0 heterocycles. The minimum absolute atomic E-state index is 0.190. The van der Waals surface area contributed by atoms with Crippen molar-refractivity contribution in [2.24, 2.45) is 0 Å². The lowest BCUT2D eigenvalue weighted by atomic mass is 10.0. The van der Waals surface area contributed by atoms with Crippen LogP contribution in [0.1, 0.15) is 55.3 Å². The van der Waals surface area contributed by atoms with E-state index in [1.165, 1.54) is 0 Å². The summed E-state index contributed by atoms with van der Waals surface area (Å²) in [4.78, 5) is 12.1. The number of benzene rings is 1. The number of hydrogen-bond donors (Lipinski definition) is 1. The van der Waals surface area contributed by atoms with Crippen molar-refractivity contribution < 1.29 is 13.2 Å². The highest BCUT2D eigenvalue weighted by molar-refractivity contribution is 7.92. The fourth-order valence-electron chi connectivity index (χ4n) is 3.17. The Bertz CT molecular complexity index is 626.